The predicted molar refractivity (Wildman–Crippen MR) is 54.7 cm³/mol. The summed E-state index contributed by atoms with van der Waals surface area (Å²) >= 11 is 0. The standard InChI is InChI=1S/C7H11N3O2S.H2O/c8-6-10(13(9,11)12)7-4-2-1-3-5-7;/h1-5H,6,8H2,(H2,9,11,12);1H2. The van der Waals surface area contributed by atoms with Crippen LogP contribution in [0, 0.1) is 0 Å². The molecule has 80 valence electrons. The topological polar surface area (TPSA) is 121 Å². The van der Waals surface area contributed by atoms with Crippen LogP contribution in [0.25, 0.3) is 0 Å². The van der Waals surface area contributed by atoms with Gasteiger partial charge in [0.2, 0.25) is 0 Å². The van der Waals surface area contributed by atoms with Crippen molar-refractivity contribution in [3.8, 4) is 0 Å². The zero-order valence-corrected chi connectivity index (χ0v) is 8.24. The van der Waals surface area contributed by atoms with Gasteiger partial charge in [-0.05, 0) is 12.1 Å². The Kier molecular flexibility index (Phi) is 4.51. The normalized spacial score (nSPS) is 10.4. The van der Waals surface area contributed by atoms with Gasteiger partial charge in [-0.2, -0.15) is 8.42 Å². The van der Waals surface area contributed by atoms with Crippen LogP contribution < -0.4 is 15.2 Å². The fourth-order valence-corrected chi connectivity index (χ4v) is 1.57. The highest BCUT2D eigenvalue weighted by Gasteiger charge is 2.14. The van der Waals surface area contributed by atoms with Crippen molar-refractivity contribution in [2.24, 2.45) is 10.9 Å². The van der Waals surface area contributed by atoms with E-state index in [0.29, 0.717) is 5.69 Å². The molecule has 1 aromatic carbocycles. The first-order valence-corrected chi connectivity index (χ1v) is 5.11. The van der Waals surface area contributed by atoms with Gasteiger partial charge in [0.1, 0.15) is 0 Å². The Labute approximate surface area is 82.6 Å². The lowest BCUT2D eigenvalue weighted by atomic mass is 10.3. The van der Waals surface area contributed by atoms with Gasteiger partial charge in [0.25, 0.3) is 10.2 Å². The quantitative estimate of drug-likeness (QED) is 0.620. The Morgan fingerprint density at radius 3 is 2.07 bits per heavy atom. The maximum Gasteiger partial charge on any atom is 0.300 e. The molecule has 0 unspecified atom stereocenters. The van der Waals surface area contributed by atoms with Crippen LogP contribution in [0.4, 0.5) is 5.69 Å². The fourth-order valence-electron chi connectivity index (χ4n) is 0.950. The average molecular weight is 219 g/mol. The molecule has 0 heterocycles. The second-order valence-electron chi connectivity index (χ2n) is 2.41. The Balaban J connectivity index is 0.00000169. The summed E-state index contributed by atoms with van der Waals surface area (Å²) in [4.78, 5) is 0. The Morgan fingerprint density at radius 2 is 1.71 bits per heavy atom. The second-order valence-corrected chi connectivity index (χ2v) is 3.88. The molecular formula is C7H13N3O3S. The van der Waals surface area contributed by atoms with Crippen LogP contribution in [0.15, 0.2) is 30.3 Å². The third-order valence-corrected chi connectivity index (χ3v) is 2.49. The Hall–Kier alpha value is -1.15. The minimum Gasteiger partial charge on any atom is -0.412 e. The summed E-state index contributed by atoms with van der Waals surface area (Å²) in [6.07, 6.45) is 0. The van der Waals surface area contributed by atoms with Crippen LogP contribution >= 0.6 is 0 Å². The van der Waals surface area contributed by atoms with Crippen molar-refractivity contribution in [2.45, 2.75) is 0 Å². The number of anilines is 1. The van der Waals surface area contributed by atoms with Crippen LogP contribution in [0.2, 0.25) is 0 Å². The van der Waals surface area contributed by atoms with Gasteiger partial charge in [0.05, 0.1) is 12.4 Å². The summed E-state index contributed by atoms with van der Waals surface area (Å²) < 4.78 is 22.9. The van der Waals surface area contributed by atoms with Crippen LogP contribution in [0.5, 0.6) is 0 Å². The highest BCUT2D eigenvalue weighted by Crippen LogP contribution is 2.13. The Bertz CT molecular complexity index is 365. The zero-order chi connectivity index (χ0) is 9.90. The van der Waals surface area contributed by atoms with Crippen molar-refractivity contribution in [2.75, 3.05) is 11.0 Å². The van der Waals surface area contributed by atoms with E-state index in [1.807, 2.05) is 0 Å². The molecule has 0 bridgehead atoms. The van der Waals surface area contributed by atoms with E-state index >= 15 is 0 Å². The molecule has 0 spiro atoms. The molecule has 6 nitrogen and oxygen atoms in total. The van der Waals surface area contributed by atoms with E-state index in [1.54, 1.807) is 30.3 Å². The molecular weight excluding hydrogens is 206 g/mol. The molecule has 0 atom stereocenters. The van der Waals surface area contributed by atoms with E-state index < -0.39 is 10.2 Å². The molecule has 0 fully saturated rings. The van der Waals surface area contributed by atoms with Gasteiger partial charge in [0.15, 0.2) is 0 Å². The first-order chi connectivity index (χ1) is 6.05. The van der Waals surface area contributed by atoms with E-state index in [0.717, 1.165) is 4.31 Å². The lowest BCUT2D eigenvalue weighted by molar-refractivity contribution is 0.593. The minimum absolute atomic E-state index is 0. The lowest BCUT2D eigenvalue weighted by Gasteiger charge is -2.18. The van der Waals surface area contributed by atoms with Crippen molar-refractivity contribution in [1.29, 1.82) is 0 Å². The van der Waals surface area contributed by atoms with Gasteiger partial charge in [0, 0.05) is 0 Å². The summed E-state index contributed by atoms with van der Waals surface area (Å²) in [6.45, 7) is -0.164. The van der Waals surface area contributed by atoms with Gasteiger partial charge in [-0.25, -0.2) is 9.44 Å². The second kappa shape index (κ2) is 4.91. The summed E-state index contributed by atoms with van der Waals surface area (Å²) in [5, 5.41) is 4.94. The summed E-state index contributed by atoms with van der Waals surface area (Å²) in [6, 6.07) is 8.45. The number of hydrogen-bond acceptors (Lipinski definition) is 3. The van der Waals surface area contributed by atoms with Crippen molar-refractivity contribution >= 4 is 15.9 Å². The molecule has 0 saturated heterocycles. The minimum atomic E-state index is -3.76. The van der Waals surface area contributed by atoms with Crippen molar-refractivity contribution in [3.05, 3.63) is 30.3 Å². The molecule has 0 amide bonds. The van der Waals surface area contributed by atoms with Gasteiger partial charge >= 0.3 is 0 Å². The third-order valence-electron chi connectivity index (χ3n) is 1.52. The van der Waals surface area contributed by atoms with E-state index in [9.17, 15) is 8.42 Å². The van der Waals surface area contributed by atoms with Crippen LogP contribution in [-0.2, 0) is 10.2 Å². The molecule has 0 aliphatic heterocycles. The summed E-state index contributed by atoms with van der Waals surface area (Å²) in [5.41, 5.74) is 5.72. The molecule has 6 N–H and O–H groups in total. The SMILES string of the molecule is NCN(c1ccccc1)S(N)(=O)=O.O. The van der Waals surface area contributed by atoms with Gasteiger partial charge in [-0.15, -0.1) is 0 Å². The monoisotopic (exact) mass is 219 g/mol. The average Bonchev–Trinajstić information content (AvgIpc) is 2.05. The van der Waals surface area contributed by atoms with E-state index in [-0.39, 0.29) is 12.1 Å². The summed E-state index contributed by atoms with van der Waals surface area (Å²) in [5.74, 6) is 0. The van der Waals surface area contributed by atoms with Crippen molar-refractivity contribution in [3.63, 3.8) is 0 Å². The molecule has 1 rings (SSSR count). The Morgan fingerprint density at radius 1 is 1.21 bits per heavy atom. The van der Waals surface area contributed by atoms with E-state index in [4.69, 9.17) is 10.9 Å². The number of benzene rings is 1. The van der Waals surface area contributed by atoms with Crippen LogP contribution in [0.3, 0.4) is 0 Å². The fraction of sp³-hybridized carbons (Fsp3) is 0.143. The third kappa shape index (κ3) is 2.96. The smallest absolute Gasteiger partial charge is 0.300 e. The zero-order valence-electron chi connectivity index (χ0n) is 7.42. The van der Waals surface area contributed by atoms with Crippen LogP contribution in [-0.4, -0.2) is 20.6 Å². The molecule has 1 aromatic rings. The van der Waals surface area contributed by atoms with E-state index in [2.05, 4.69) is 0 Å². The largest absolute Gasteiger partial charge is 0.412 e. The molecule has 14 heavy (non-hydrogen) atoms. The number of nitrogens with two attached hydrogens (primary N) is 2. The molecule has 0 aliphatic carbocycles. The maximum atomic E-state index is 11.0. The number of hydrogen-bond donors (Lipinski definition) is 2. The van der Waals surface area contributed by atoms with Crippen molar-refractivity contribution < 1.29 is 13.9 Å². The lowest BCUT2D eigenvalue weighted by Crippen LogP contribution is -2.40. The maximum absolute atomic E-state index is 11.0. The van der Waals surface area contributed by atoms with Crippen molar-refractivity contribution in [1.82, 2.24) is 0 Å². The molecule has 0 saturated carbocycles. The number of nitrogens with zero attached hydrogens (tertiary/aromatic N) is 1. The molecule has 0 aliphatic rings. The summed E-state index contributed by atoms with van der Waals surface area (Å²) in [7, 11) is -3.76. The predicted octanol–water partition coefficient (Wildman–Crippen LogP) is -1.21. The van der Waals surface area contributed by atoms with Gasteiger partial charge in [-0.3, -0.25) is 0 Å². The molecule has 7 heteroatoms. The van der Waals surface area contributed by atoms with Gasteiger partial charge in [-0.1, -0.05) is 18.2 Å². The highest BCUT2D eigenvalue weighted by atomic mass is 32.2. The molecule has 0 aromatic heterocycles. The molecule has 0 radical (unpaired) electrons. The highest BCUT2D eigenvalue weighted by molar-refractivity contribution is 7.90. The number of rotatable bonds is 3. The number of para-hydroxylation sites is 1. The van der Waals surface area contributed by atoms with Gasteiger partial charge < -0.3 is 11.2 Å². The van der Waals surface area contributed by atoms with Crippen LogP contribution in [0.1, 0.15) is 0 Å². The first-order valence-electron chi connectivity index (χ1n) is 3.61. The van der Waals surface area contributed by atoms with E-state index in [1.165, 1.54) is 0 Å². The first kappa shape index (κ1) is 12.8.